The van der Waals surface area contributed by atoms with Crippen LogP contribution in [-0.2, 0) is 9.47 Å². The van der Waals surface area contributed by atoms with Crippen molar-refractivity contribution in [1.82, 2.24) is 4.90 Å². The number of hydrogen-bond acceptors (Lipinski definition) is 4. The van der Waals surface area contributed by atoms with Crippen molar-refractivity contribution in [2.75, 3.05) is 13.1 Å². The van der Waals surface area contributed by atoms with Crippen molar-refractivity contribution in [3.8, 4) is 0 Å². The van der Waals surface area contributed by atoms with E-state index in [9.17, 15) is 9.59 Å². The van der Waals surface area contributed by atoms with Crippen molar-refractivity contribution in [1.29, 1.82) is 0 Å². The van der Waals surface area contributed by atoms with Crippen molar-refractivity contribution in [3.63, 3.8) is 0 Å². The highest BCUT2D eigenvalue weighted by Gasteiger charge is 2.32. The number of ether oxygens (including phenoxy) is 2. The Morgan fingerprint density at radius 1 is 1.24 bits per heavy atom. The van der Waals surface area contributed by atoms with Gasteiger partial charge in [0.05, 0.1) is 5.56 Å². The molecule has 2 rings (SSSR count). The standard InChI is InChI=1S/C20H29NO4/c1-5-17(24-18(22)15-10-7-6-8-11-15)16-12-9-13-21(14-16)19(23)25-20(2,3)4/h6-8,10-11,16-17H,5,9,12-14H2,1-4H3/t16?,17-/m1/s1. The zero-order valence-electron chi connectivity index (χ0n) is 15.7. The molecule has 0 radical (unpaired) electrons. The third-order valence-corrected chi connectivity index (χ3v) is 4.31. The van der Waals surface area contributed by atoms with E-state index in [4.69, 9.17) is 9.47 Å². The summed E-state index contributed by atoms with van der Waals surface area (Å²) in [4.78, 5) is 26.4. The molecule has 1 aromatic rings. The fourth-order valence-corrected chi connectivity index (χ4v) is 3.10. The van der Waals surface area contributed by atoms with E-state index < -0.39 is 5.60 Å². The van der Waals surface area contributed by atoms with Gasteiger partial charge in [0.1, 0.15) is 11.7 Å². The molecular weight excluding hydrogens is 318 g/mol. The number of benzene rings is 1. The maximum absolute atomic E-state index is 12.3. The summed E-state index contributed by atoms with van der Waals surface area (Å²) >= 11 is 0. The molecule has 138 valence electrons. The number of rotatable bonds is 4. The van der Waals surface area contributed by atoms with Gasteiger partial charge in [-0.25, -0.2) is 9.59 Å². The molecule has 0 spiro atoms. The Kier molecular flexibility index (Phi) is 6.45. The first-order valence-electron chi connectivity index (χ1n) is 9.04. The Hall–Kier alpha value is -2.04. The summed E-state index contributed by atoms with van der Waals surface area (Å²) in [7, 11) is 0. The number of carbonyl (C=O) groups is 2. The smallest absolute Gasteiger partial charge is 0.410 e. The number of carbonyl (C=O) groups excluding carboxylic acids is 2. The Morgan fingerprint density at radius 2 is 1.92 bits per heavy atom. The number of esters is 1. The molecule has 0 aliphatic carbocycles. The summed E-state index contributed by atoms with van der Waals surface area (Å²) in [5.41, 5.74) is 0.0503. The minimum Gasteiger partial charge on any atom is -0.458 e. The van der Waals surface area contributed by atoms with Crippen molar-refractivity contribution < 1.29 is 19.1 Å². The summed E-state index contributed by atoms with van der Waals surface area (Å²) < 4.78 is 11.2. The largest absolute Gasteiger partial charge is 0.458 e. The van der Waals surface area contributed by atoms with Crippen LogP contribution in [-0.4, -0.2) is 41.8 Å². The van der Waals surface area contributed by atoms with Crippen LogP contribution in [0.4, 0.5) is 4.79 Å². The van der Waals surface area contributed by atoms with Gasteiger partial charge in [0.15, 0.2) is 0 Å². The minimum atomic E-state index is -0.506. The topological polar surface area (TPSA) is 55.8 Å². The molecule has 1 aromatic carbocycles. The molecule has 25 heavy (non-hydrogen) atoms. The lowest BCUT2D eigenvalue weighted by atomic mass is 9.91. The summed E-state index contributed by atoms with van der Waals surface area (Å²) in [5.74, 6) is -0.166. The molecule has 1 amide bonds. The van der Waals surface area contributed by atoms with Gasteiger partial charge >= 0.3 is 12.1 Å². The Bertz CT molecular complexity index is 579. The SMILES string of the molecule is CC[C@@H](OC(=O)c1ccccc1)C1CCCN(C(=O)OC(C)(C)C)C1. The molecule has 1 aliphatic heterocycles. The van der Waals surface area contributed by atoms with Gasteiger partial charge in [-0.2, -0.15) is 0 Å². The van der Waals surface area contributed by atoms with E-state index in [-0.39, 0.29) is 24.1 Å². The van der Waals surface area contributed by atoms with Crippen molar-refractivity contribution in [2.24, 2.45) is 5.92 Å². The Balaban J connectivity index is 1.98. The lowest BCUT2D eigenvalue weighted by molar-refractivity contribution is -0.0130. The number of piperidine rings is 1. The average molecular weight is 347 g/mol. The van der Waals surface area contributed by atoms with Crippen molar-refractivity contribution >= 4 is 12.1 Å². The summed E-state index contributed by atoms with van der Waals surface area (Å²) in [6.45, 7) is 8.85. The molecule has 0 saturated carbocycles. The lowest BCUT2D eigenvalue weighted by Gasteiger charge is -2.37. The molecular formula is C20H29NO4. The first-order chi connectivity index (χ1) is 11.8. The molecule has 1 saturated heterocycles. The van der Waals surface area contributed by atoms with Gasteiger partial charge in [-0.3, -0.25) is 0 Å². The molecule has 5 heteroatoms. The summed E-state index contributed by atoms with van der Waals surface area (Å²) in [5, 5.41) is 0. The molecule has 1 aliphatic rings. The second-order valence-electron chi connectivity index (χ2n) is 7.55. The van der Waals surface area contributed by atoms with Crippen LogP contribution in [0.5, 0.6) is 0 Å². The van der Waals surface area contributed by atoms with Gasteiger partial charge in [0.2, 0.25) is 0 Å². The highest BCUT2D eigenvalue weighted by Crippen LogP contribution is 2.25. The highest BCUT2D eigenvalue weighted by molar-refractivity contribution is 5.89. The van der Waals surface area contributed by atoms with Crippen molar-refractivity contribution in [3.05, 3.63) is 35.9 Å². The van der Waals surface area contributed by atoms with Crippen LogP contribution < -0.4 is 0 Å². The second-order valence-corrected chi connectivity index (χ2v) is 7.55. The van der Waals surface area contributed by atoms with E-state index >= 15 is 0 Å². The zero-order valence-corrected chi connectivity index (χ0v) is 15.7. The maximum atomic E-state index is 12.3. The van der Waals surface area contributed by atoms with Crippen LogP contribution in [0.3, 0.4) is 0 Å². The van der Waals surface area contributed by atoms with Gasteiger partial charge in [0.25, 0.3) is 0 Å². The van der Waals surface area contributed by atoms with Crippen molar-refractivity contribution in [2.45, 2.75) is 58.7 Å². The van der Waals surface area contributed by atoms with Crippen LogP contribution in [0.25, 0.3) is 0 Å². The van der Waals surface area contributed by atoms with Crippen LogP contribution in [0.2, 0.25) is 0 Å². The Morgan fingerprint density at radius 3 is 2.52 bits per heavy atom. The number of amides is 1. The average Bonchev–Trinajstić information content (AvgIpc) is 2.59. The molecule has 1 unspecified atom stereocenters. The quantitative estimate of drug-likeness (QED) is 0.763. The fraction of sp³-hybridized carbons (Fsp3) is 0.600. The van der Waals surface area contributed by atoms with E-state index in [1.165, 1.54) is 0 Å². The molecule has 1 heterocycles. The third kappa shape index (κ3) is 5.76. The van der Waals surface area contributed by atoms with E-state index in [1.807, 2.05) is 45.9 Å². The summed E-state index contributed by atoms with van der Waals surface area (Å²) in [6, 6.07) is 9.02. The maximum Gasteiger partial charge on any atom is 0.410 e. The normalized spacial score (nSPS) is 19.2. The van der Waals surface area contributed by atoms with Gasteiger partial charge < -0.3 is 14.4 Å². The monoisotopic (exact) mass is 347 g/mol. The zero-order chi connectivity index (χ0) is 18.4. The molecule has 0 aromatic heterocycles. The van der Waals surface area contributed by atoms with E-state index in [1.54, 1.807) is 17.0 Å². The van der Waals surface area contributed by atoms with E-state index in [0.717, 1.165) is 19.3 Å². The number of hydrogen-bond donors (Lipinski definition) is 0. The fourth-order valence-electron chi connectivity index (χ4n) is 3.10. The molecule has 5 nitrogen and oxygen atoms in total. The predicted octanol–water partition coefficient (Wildman–Crippen LogP) is 4.27. The van der Waals surface area contributed by atoms with Crippen LogP contribution >= 0.6 is 0 Å². The van der Waals surface area contributed by atoms with Gasteiger partial charge in [-0.05, 0) is 52.2 Å². The van der Waals surface area contributed by atoms with Gasteiger partial charge in [-0.15, -0.1) is 0 Å². The minimum absolute atomic E-state index is 0.138. The first kappa shape index (κ1) is 19.3. The van der Waals surface area contributed by atoms with Gasteiger partial charge in [-0.1, -0.05) is 25.1 Å². The third-order valence-electron chi connectivity index (χ3n) is 4.31. The predicted molar refractivity (Wildman–Crippen MR) is 96.5 cm³/mol. The molecule has 0 N–H and O–H groups in total. The summed E-state index contributed by atoms with van der Waals surface area (Å²) in [6.07, 6.45) is 2.08. The second kappa shape index (κ2) is 8.37. The molecule has 0 bridgehead atoms. The number of nitrogens with zero attached hydrogens (tertiary/aromatic N) is 1. The highest BCUT2D eigenvalue weighted by atomic mass is 16.6. The van der Waals surface area contributed by atoms with Crippen LogP contribution in [0.1, 0.15) is 57.3 Å². The van der Waals surface area contributed by atoms with Crippen LogP contribution in [0.15, 0.2) is 30.3 Å². The van der Waals surface area contributed by atoms with E-state index in [2.05, 4.69) is 0 Å². The Labute approximate surface area is 150 Å². The molecule has 2 atom stereocenters. The lowest BCUT2D eigenvalue weighted by Crippen LogP contribution is -2.46. The van der Waals surface area contributed by atoms with Crippen LogP contribution in [0, 0.1) is 5.92 Å². The first-order valence-corrected chi connectivity index (χ1v) is 9.04. The molecule has 1 fully saturated rings. The number of likely N-dealkylation sites (tertiary alicyclic amines) is 1. The van der Waals surface area contributed by atoms with E-state index in [0.29, 0.717) is 18.7 Å². The van der Waals surface area contributed by atoms with Gasteiger partial charge in [0, 0.05) is 19.0 Å².